The number of hydrogen-bond acceptors (Lipinski definition) is 7. The zero-order valence-electron chi connectivity index (χ0n) is 20.2. The van der Waals surface area contributed by atoms with Gasteiger partial charge in [0.25, 0.3) is 0 Å². The van der Waals surface area contributed by atoms with Gasteiger partial charge in [0.2, 0.25) is 0 Å². The molecule has 0 radical (unpaired) electrons. The van der Waals surface area contributed by atoms with Crippen molar-refractivity contribution in [3.63, 3.8) is 0 Å². The zero-order chi connectivity index (χ0) is 25.4. The standard InChI is InChI=1S/C25H30ClN5O4/c1-4-35-24(32)23(17(2)3)29-25(33)31(16-18-5-7-19(26)8-6-18)22-13-20(15-28-21(22)14-27)30-9-11-34-12-10-30/h5-8,13,15,17,23H,4,9-12,16H2,1-3H3,(H,29,33)/t23-/m0/s1. The molecule has 1 aromatic heterocycles. The maximum Gasteiger partial charge on any atom is 0.328 e. The van der Waals surface area contributed by atoms with Crippen molar-refractivity contribution in [1.29, 1.82) is 5.26 Å². The number of nitrogens with zero attached hydrogens (tertiary/aromatic N) is 4. The molecule has 2 amide bonds. The maximum absolute atomic E-state index is 13.6. The normalized spacial score (nSPS) is 14.2. The summed E-state index contributed by atoms with van der Waals surface area (Å²) in [5.74, 6) is -0.716. The van der Waals surface area contributed by atoms with Crippen LogP contribution in [-0.2, 0) is 20.8 Å². The van der Waals surface area contributed by atoms with E-state index in [1.165, 1.54) is 4.90 Å². The molecule has 35 heavy (non-hydrogen) atoms. The first-order chi connectivity index (χ1) is 16.8. The van der Waals surface area contributed by atoms with Crippen molar-refractivity contribution in [1.82, 2.24) is 10.3 Å². The molecule has 2 heterocycles. The number of anilines is 2. The van der Waals surface area contributed by atoms with E-state index in [4.69, 9.17) is 21.1 Å². The van der Waals surface area contributed by atoms with E-state index in [-0.39, 0.29) is 24.8 Å². The van der Waals surface area contributed by atoms with Gasteiger partial charge in [-0.3, -0.25) is 4.90 Å². The Morgan fingerprint density at radius 1 is 1.29 bits per heavy atom. The summed E-state index contributed by atoms with van der Waals surface area (Å²) in [6.45, 7) is 8.23. The molecule has 3 rings (SSSR count). The number of carbonyl (C=O) groups excluding carboxylic acids is 2. The molecule has 1 atom stereocenters. The van der Waals surface area contributed by atoms with Gasteiger partial charge >= 0.3 is 12.0 Å². The van der Waals surface area contributed by atoms with E-state index in [0.29, 0.717) is 37.0 Å². The highest BCUT2D eigenvalue weighted by atomic mass is 35.5. The van der Waals surface area contributed by atoms with Crippen LogP contribution in [0.5, 0.6) is 0 Å². The molecule has 186 valence electrons. The number of carbonyl (C=O) groups is 2. The molecule has 0 saturated carbocycles. The third kappa shape index (κ3) is 6.84. The van der Waals surface area contributed by atoms with Gasteiger partial charge in [-0.2, -0.15) is 5.26 Å². The lowest BCUT2D eigenvalue weighted by molar-refractivity contribution is -0.146. The van der Waals surface area contributed by atoms with Crippen molar-refractivity contribution in [3.05, 3.63) is 52.8 Å². The van der Waals surface area contributed by atoms with Crippen LogP contribution in [0.2, 0.25) is 5.02 Å². The van der Waals surface area contributed by atoms with Crippen LogP contribution < -0.4 is 15.1 Å². The second-order valence-electron chi connectivity index (χ2n) is 8.41. The highest BCUT2D eigenvalue weighted by Crippen LogP contribution is 2.27. The number of halogens is 1. The van der Waals surface area contributed by atoms with Crippen LogP contribution in [0.4, 0.5) is 16.2 Å². The van der Waals surface area contributed by atoms with Crippen molar-refractivity contribution >= 4 is 35.0 Å². The Hall–Kier alpha value is -3.35. The summed E-state index contributed by atoms with van der Waals surface area (Å²) in [6.07, 6.45) is 1.63. The number of ether oxygens (including phenoxy) is 2. The van der Waals surface area contributed by atoms with Crippen LogP contribution in [0.15, 0.2) is 36.5 Å². The molecule has 1 saturated heterocycles. The molecule has 0 unspecified atom stereocenters. The van der Waals surface area contributed by atoms with Gasteiger partial charge in [-0.15, -0.1) is 0 Å². The predicted molar refractivity (Wildman–Crippen MR) is 133 cm³/mol. The van der Waals surface area contributed by atoms with E-state index in [9.17, 15) is 14.9 Å². The number of esters is 1. The quantitative estimate of drug-likeness (QED) is 0.551. The highest BCUT2D eigenvalue weighted by Gasteiger charge is 2.30. The lowest BCUT2D eigenvalue weighted by atomic mass is 10.0. The summed E-state index contributed by atoms with van der Waals surface area (Å²) in [6, 6.07) is 9.55. The van der Waals surface area contributed by atoms with Crippen LogP contribution in [0.1, 0.15) is 32.0 Å². The number of rotatable bonds is 8. The number of benzene rings is 1. The molecule has 1 aliphatic heterocycles. The van der Waals surface area contributed by atoms with Gasteiger partial charge in [-0.1, -0.05) is 37.6 Å². The SMILES string of the molecule is CCOC(=O)[C@@H](NC(=O)N(Cc1ccc(Cl)cc1)c1cc(N2CCOCC2)cnc1C#N)C(C)C. The zero-order valence-corrected chi connectivity index (χ0v) is 20.9. The van der Waals surface area contributed by atoms with Gasteiger partial charge in [-0.25, -0.2) is 14.6 Å². The molecule has 9 nitrogen and oxygen atoms in total. The number of urea groups is 1. The average Bonchev–Trinajstić information content (AvgIpc) is 2.86. The second-order valence-corrected chi connectivity index (χ2v) is 8.84. The van der Waals surface area contributed by atoms with E-state index >= 15 is 0 Å². The fourth-order valence-electron chi connectivity index (χ4n) is 3.71. The molecule has 1 fully saturated rings. The minimum Gasteiger partial charge on any atom is -0.464 e. The smallest absolute Gasteiger partial charge is 0.328 e. The molecule has 0 spiro atoms. The number of nitriles is 1. The summed E-state index contributed by atoms with van der Waals surface area (Å²) in [7, 11) is 0. The number of aromatic nitrogens is 1. The Bertz CT molecular complexity index is 1060. The summed E-state index contributed by atoms with van der Waals surface area (Å²) in [4.78, 5) is 34.0. The Balaban J connectivity index is 2.00. The number of nitrogens with one attached hydrogen (secondary N) is 1. The summed E-state index contributed by atoms with van der Waals surface area (Å²) in [5.41, 5.74) is 2.02. The molecule has 1 aliphatic rings. The van der Waals surface area contributed by atoms with E-state index in [1.54, 1.807) is 43.5 Å². The van der Waals surface area contributed by atoms with Crippen LogP contribution in [0.25, 0.3) is 0 Å². The van der Waals surface area contributed by atoms with Crippen LogP contribution in [0, 0.1) is 17.2 Å². The van der Waals surface area contributed by atoms with E-state index < -0.39 is 18.0 Å². The lowest BCUT2D eigenvalue weighted by Crippen LogP contribution is -2.51. The van der Waals surface area contributed by atoms with Gasteiger partial charge in [0.1, 0.15) is 12.1 Å². The Labute approximate surface area is 210 Å². The van der Waals surface area contributed by atoms with Crippen molar-refractivity contribution in [2.75, 3.05) is 42.7 Å². The molecule has 0 bridgehead atoms. The second kappa shape index (κ2) is 12.4. The molecule has 1 N–H and O–H groups in total. The third-order valence-electron chi connectivity index (χ3n) is 5.61. The van der Waals surface area contributed by atoms with Gasteiger partial charge in [-0.05, 0) is 36.6 Å². The van der Waals surface area contributed by atoms with Crippen molar-refractivity contribution < 1.29 is 19.1 Å². The monoisotopic (exact) mass is 499 g/mol. The largest absolute Gasteiger partial charge is 0.464 e. The Kier molecular flexibility index (Phi) is 9.29. The van der Waals surface area contributed by atoms with E-state index in [1.807, 2.05) is 13.8 Å². The minimum atomic E-state index is -0.851. The van der Waals surface area contributed by atoms with Crippen LogP contribution in [-0.4, -0.2) is 55.9 Å². The minimum absolute atomic E-state index is 0.100. The fourth-order valence-corrected chi connectivity index (χ4v) is 3.83. The van der Waals surface area contributed by atoms with Crippen molar-refractivity contribution in [3.8, 4) is 6.07 Å². The first-order valence-corrected chi connectivity index (χ1v) is 11.9. The van der Waals surface area contributed by atoms with Gasteiger partial charge in [0.15, 0.2) is 5.69 Å². The van der Waals surface area contributed by atoms with Gasteiger partial charge < -0.3 is 19.7 Å². The van der Waals surface area contributed by atoms with Crippen molar-refractivity contribution in [2.24, 2.45) is 5.92 Å². The maximum atomic E-state index is 13.6. The summed E-state index contributed by atoms with van der Waals surface area (Å²) >= 11 is 6.04. The lowest BCUT2D eigenvalue weighted by Gasteiger charge is -2.31. The number of amides is 2. The first-order valence-electron chi connectivity index (χ1n) is 11.6. The molecular weight excluding hydrogens is 470 g/mol. The first kappa shape index (κ1) is 26.3. The third-order valence-corrected chi connectivity index (χ3v) is 5.86. The number of pyridine rings is 1. The molecule has 1 aromatic carbocycles. The van der Waals surface area contributed by atoms with E-state index in [0.717, 1.165) is 11.3 Å². The summed E-state index contributed by atoms with van der Waals surface area (Å²) in [5, 5.41) is 13.2. The summed E-state index contributed by atoms with van der Waals surface area (Å²) < 4.78 is 10.6. The van der Waals surface area contributed by atoms with Crippen LogP contribution in [0.3, 0.4) is 0 Å². The molecule has 0 aliphatic carbocycles. The highest BCUT2D eigenvalue weighted by molar-refractivity contribution is 6.30. The fraction of sp³-hybridized carbons (Fsp3) is 0.440. The molecule has 10 heteroatoms. The van der Waals surface area contributed by atoms with Gasteiger partial charge in [0, 0.05) is 18.1 Å². The Morgan fingerprint density at radius 3 is 2.57 bits per heavy atom. The number of hydrogen-bond donors (Lipinski definition) is 1. The topological polar surface area (TPSA) is 108 Å². The van der Waals surface area contributed by atoms with E-state index in [2.05, 4.69) is 21.3 Å². The molecular formula is C25H30ClN5O4. The predicted octanol–water partition coefficient (Wildman–Crippen LogP) is 3.75. The molecule has 2 aromatic rings. The van der Waals surface area contributed by atoms with Gasteiger partial charge in [0.05, 0.1) is 43.9 Å². The Morgan fingerprint density at radius 2 is 1.97 bits per heavy atom. The number of morpholine rings is 1. The van der Waals surface area contributed by atoms with Crippen molar-refractivity contribution in [2.45, 2.75) is 33.4 Å². The average molecular weight is 500 g/mol. The van der Waals surface area contributed by atoms with Crippen LogP contribution >= 0.6 is 11.6 Å².